The van der Waals surface area contributed by atoms with Crippen LogP contribution in [0.15, 0.2) is 37.2 Å². The van der Waals surface area contributed by atoms with Gasteiger partial charge in [-0.05, 0) is 36.8 Å². The largest absolute Gasteiger partial charge is 0.508 e. The molecule has 3 aliphatic rings. The minimum atomic E-state index is -4.42. The molecule has 16 heteroatoms. The highest BCUT2D eigenvalue weighted by Gasteiger charge is 2.60. The molecule has 0 spiro atoms. The molecule has 1 fully saturated rings. The SMILES string of the molecule is CCc1[nH]oc(=O)c1S(=O)(=O)NCc1cc(N(C)C)c2c(c1O)C(O)=C1C(=O)[C@]3(O)C(O)=C(C(N)=O)C(=O)C[C@@H]3CC1C2. The van der Waals surface area contributed by atoms with E-state index in [0.29, 0.717) is 11.3 Å². The smallest absolute Gasteiger partial charge is 0.377 e. The van der Waals surface area contributed by atoms with Crippen LogP contribution in [0.25, 0.3) is 5.76 Å². The molecule has 1 amide bonds. The Morgan fingerprint density at radius 3 is 2.49 bits per heavy atom. The second-order valence-corrected chi connectivity index (χ2v) is 12.7. The number of fused-ring (bicyclic) bond motifs is 3. The summed E-state index contributed by atoms with van der Waals surface area (Å²) in [5, 5.41) is 47.2. The molecule has 0 radical (unpaired) electrons. The Bertz CT molecular complexity index is 1830. The van der Waals surface area contributed by atoms with Gasteiger partial charge in [-0.1, -0.05) is 6.92 Å². The van der Waals surface area contributed by atoms with Crippen LogP contribution in [0.1, 0.15) is 42.1 Å². The van der Waals surface area contributed by atoms with Crippen LogP contribution < -0.4 is 21.0 Å². The molecular weight excluding hydrogens is 588 g/mol. The Labute approximate surface area is 244 Å². The lowest BCUT2D eigenvalue weighted by Crippen LogP contribution is -2.58. The first-order valence-electron chi connectivity index (χ1n) is 13.3. The minimum Gasteiger partial charge on any atom is -0.508 e. The van der Waals surface area contributed by atoms with E-state index in [1.807, 2.05) is 0 Å². The number of aromatic nitrogens is 1. The topological polar surface area (TPSA) is 254 Å². The number of Topliss-reactive ketones (excluding diaryl/α,β-unsaturated/α-hetero) is 2. The van der Waals surface area contributed by atoms with E-state index in [-0.39, 0.29) is 41.7 Å². The van der Waals surface area contributed by atoms with Gasteiger partial charge < -0.3 is 35.6 Å². The van der Waals surface area contributed by atoms with Gasteiger partial charge in [0.1, 0.15) is 22.8 Å². The summed E-state index contributed by atoms with van der Waals surface area (Å²) in [6.07, 6.45) is -0.241. The van der Waals surface area contributed by atoms with Crippen molar-refractivity contribution >= 4 is 38.9 Å². The number of anilines is 1. The van der Waals surface area contributed by atoms with Crippen LogP contribution in [-0.4, -0.2) is 71.2 Å². The summed E-state index contributed by atoms with van der Waals surface area (Å²) in [6.45, 7) is 1.08. The van der Waals surface area contributed by atoms with Crippen molar-refractivity contribution in [1.82, 2.24) is 9.88 Å². The first kappa shape index (κ1) is 30.1. The number of aromatic amines is 1. The third-order valence-electron chi connectivity index (χ3n) is 8.40. The zero-order chi connectivity index (χ0) is 31.8. The number of rotatable bonds is 7. The molecule has 3 atom stereocenters. The quantitative estimate of drug-likeness (QED) is 0.199. The van der Waals surface area contributed by atoms with Crippen molar-refractivity contribution < 1.29 is 47.8 Å². The summed E-state index contributed by atoms with van der Waals surface area (Å²) < 4.78 is 32.8. The number of hydrogen-bond acceptors (Lipinski definition) is 12. The highest BCUT2D eigenvalue weighted by Crippen LogP contribution is 2.53. The van der Waals surface area contributed by atoms with Crippen molar-refractivity contribution in [3.05, 3.63) is 55.8 Å². The number of aromatic hydroxyl groups is 1. The average molecular weight is 619 g/mol. The van der Waals surface area contributed by atoms with E-state index >= 15 is 0 Å². The molecule has 0 saturated heterocycles. The van der Waals surface area contributed by atoms with Crippen LogP contribution in [0.3, 0.4) is 0 Å². The maximum absolute atomic E-state index is 13.8. The zero-order valence-corrected chi connectivity index (χ0v) is 24.2. The molecule has 43 heavy (non-hydrogen) atoms. The molecule has 8 N–H and O–H groups in total. The summed E-state index contributed by atoms with van der Waals surface area (Å²) in [6, 6.07) is 1.49. The number of phenolic OH excluding ortho intramolecular Hbond substituents is 1. The van der Waals surface area contributed by atoms with Gasteiger partial charge >= 0.3 is 5.63 Å². The van der Waals surface area contributed by atoms with Crippen molar-refractivity contribution in [3.8, 4) is 5.75 Å². The molecule has 2 aromatic rings. The van der Waals surface area contributed by atoms with Gasteiger partial charge in [-0.25, -0.2) is 23.1 Å². The lowest BCUT2D eigenvalue weighted by atomic mass is 9.59. The number of nitrogens with zero attached hydrogens (tertiary/aromatic N) is 1. The van der Waals surface area contributed by atoms with E-state index in [9.17, 15) is 48.0 Å². The maximum atomic E-state index is 13.8. The number of H-pyrrole nitrogens is 1. The molecule has 1 saturated carbocycles. The maximum Gasteiger partial charge on any atom is 0.377 e. The van der Waals surface area contributed by atoms with Crippen LogP contribution in [0.2, 0.25) is 0 Å². The molecule has 230 valence electrons. The average Bonchev–Trinajstić information content (AvgIpc) is 3.31. The number of phenols is 1. The number of nitrogens with one attached hydrogen (secondary N) is 2. The number of carbonyl (C=O) groups excluding carboxylic acids is 3. The fraction of sp³-hybridized carbons (Fsp3) is 0.407. The van der Waals surface area contributed by atoms with Crippen molar-refractivity contribution in [2.45, 2.75) is 49.6 Å². The summed E-state index contributed by atoms with van der Waals surface area (Å²) in [5.41, 5.74) is 0.905. The molecule has 0 bridgehead atoms. The Kier molecular flexibility index (Phi) is 7.06. The predicted molar refractivity (Wildman–Crippen MR) is 148 cm³/mol. The number of benzene rings is 1. The molecular formula is C27H30N4O11S. The van der Waals surface area contributed by atoms with Crippen molar-refractivity contribution in [2.75, 3.05) is 19.0 Å². The van der Waals surface area contributed by atoms with Crippen LogP contribution >= 0.6 is 0 Å². The normalized spacial score (nSPS) is 23.6. The Balaban J connectivity index is 1.62. The van der Waals surface area contributed by atoms with Crippen molar-refractivity contribution in [2.24, 2.45) is 17.6 Å². The summed E-state index contributed by atoms with van der Waals surface area (Å²) in [5.74, 6) is -7.59. The Morgan fingerprint density at radius 2 is 1.88 bits per heavy atom. The molecule has 1 unspecified atom stereocenters. The summed E-state index contributed by atoms with van der Waals surface area (Å²) in [7, 11) is -1.07. The van der Waals surface area contributed by atoms with E-state index in [0.717, 1.165) is 0 Å². The minimum absolute atomic E-state index is 0.0172. The van der Waals surface area contributed by atoms with Gasteiger partial charge in [-0.15, -0.1) is 0 Å². The molecule has 1 heterocycles. The summed E-state index contributed by atoms with van der Waals surface area (Å²) in [4.78, 5) is 51.3. The van der Waals surface area contributed by atoms with Gasteiger partial charge in [0.25, 0.3) is 5.91 Å². The number of ketones is 2. The fourth-order valence-electron chi connectivity index (χ4n) is 6.33. The number of amides is 1. The number of primary amides is 1. The third kappa shape index (κ3) is 4.35. The number of hydrogen-bond donors (Lipinski definition) is 7. The van der Waals surface area contributed by atoms with Gasteiger partial charge in [0.2, 0.25) is 15.8 Å². The Hall–Kier alpha value is -4.41. The molecule has 1 aromatic heterocycles. The highest BCUT2D eigenvalue weighted by atomic mass is 32.2. The predicted octanol–water partition coefficient (Wildman–Crippen LogP) is -0.188. The van der Waals surface area contributed by atoms with E-state index in [2.05, 4.69) is 14.4 Å². The van der Waals surface area contributed by atoms with Gasteiger partial charge in [-0.2, -0.15) is 0 Å². The van der Waals surface area contributed by atoms with Gasteiger partial charge in [0, 0.05) is 49.8 Å². The molecule has 5 rings (SSSR count). The second-order valence-electron chi connectivity index (χ2n) is 11.0. The third-order valence-corrected chi connectivity index (χ3v) is 9.88. The fourth-order valence-corrected chi connectivity index (χ4v) is 7.59. The molecule has 1 aromatic carbocycles. The number of aliphatic hydroxyl groups is 3. The number of carbonyl (C=O) groups is 3. The number of nitrogens with two attached hydrogens (primary N) is 1. The van der Waals surface area contributed by atoms with Crippen LogP contribution in [0.4, 0.5) is 5.69 Å². The van der Waals surface area contributed by atoms with Gasteiger partial charge in [0.15, 0.2) is 16.3 Å². The number of aryl methyl sites for hydroxylation is 1. The van der Waals surface area contributed by atoms with Crippen molar-refractivity contribution in [1.29, 1.82) is 0 Å². The summed E-state index contributed by atoms with van der Waals surface area (Å²) >= 11 is 0. The van der Waals surface area contributed by atoms with E-state index < -0.39 is 91.3 Å². The van der Waals surface area contributed by atoms with Gasteiger partial charge in [0.05, 0.1) is 11.3 Å². The monoisotopic (exact) mass is 618 g/mol. The standard InChI is InChI=1S/C27H30N4O11S/c1-4-14-22(26(38)42-30-14)43(40,41)29-9-11-7-15(31(2)3)13-6-10-5-12-8-16(32)19(25(28)37)24(36)27(12,39)23(35)17(10)21(34)18(13)20(11)33/h7,10,12,29-30,33-34,36,39H,4-6,8-9H2,1-3H3,(H2,28,37)/t10?,12-,27-/m0/s1. The van der Waals surface area contributed by atoms with Crippen LogP contribution in [0, 0.1) is 11.8 Å². The molecule has 15 nitrogen and oxygen atoms in total. The highest BCUT2D eigenvalue weighted by molar-refractivity contribution is 7.89. The Morgan fingerprint density at radius 1 is 1.21 bits per heavy atom. The van der Waals surface area contributed by atoms with Crippen LogP contribution in [-0.2, 0) is 43.8 Å². The second kappa shape index (κ2) is 10.1. The van der Waals surface area contributed by atoms with Gasteiger partial charge in [-0.3, -0.25) is 14.4 Å². The first-order chi connectivity index (χ1) is 20.1. The van der Waals surface area contributed by atoms with Crippen LogP contribution in [0.5, 0.6) is 5.75 Å². The van der Waals surface area contributed by atoms with E-state index in [1.54, 1.807) is 25.9 Å². The van der Waals surface area contributed by atoms with E-state index in [4.69, 9.17) is 5.73 Å². The lowest BCUT2D eigenvalue weighted by molar-refractivity contribution is -0.147. The lowest BCUT2D eigenvalue weighted by Gasteiger charge is -2.46. The zero-order valence-electron chi connectivity index (χ0n) is 23.3. The number of sulfonamides is 1. The molecule has 0 aliphatic heterocycles. The van der Waals surface area contributed by atoms with E-state index in [1.165, 1.54) is 6.07 Å². The molecule has 3 aliphatic carbocycles. The van der Waals surface area contributed by atoms with Crippen molar-refractivity contribution in [3.63, 3.8) is 0 Å². The number of aliphatic hydroxyl groups excluding tert-OH is 2. The first-order valence-corrected chi connectivity index (χ1v) is 14.8.